The summed E-state index contributed by atoms with van der Waals surface area (Å²) in [5.41, 5.74) is 4.50. The van der Waals surface area contributed by atoms with Crippen molar-refractivity contribution in [3.63, 3.8) is 0 Å². The predicted octanol–water partition coefficient (Wildman–Crippen LogP) is 3.34. The molecule has 1 aliphatic rings. The van der Waals surface area contributed by atoms with Gasteiger partial charge in [0.1, 0.15) is 0 Å². The Balaban J connectivity index is 1.99. The number of aliphatic imine (C=N–C) groups is 1. The Morgan fingerprint density at radius 2 is 2.28 bits per heavy atom. The summed E-state index contributed by atoms with van der Waals surface area (Å²) in [5.74, 6) is 0. The largest absolute Gasteiger partial charge is 0.472 e. The molecule has 0 spiro atoms. The van der Waals surface area contributed by atoms with E-state index in [4.69, 9.17) is 4.42 Å². The highest BCUT2D eigenvalue weighted by Gasteiger charge is 2.14. The van der Waals surface area contributed by atoms with Gasteiger partial charge in [-0.15, -0.1) is 0 Å². The number of rotatable bonds is 2. The van der Waals surface area contributed by atoms with Crippen molar-refractivity contribution in [3.05, 3.63) is 59.8 Å². The average Bonchev–Trinajstić information content (AvgIpc) is 2.93. The molecule has 0 atom stereocenters. The number of hydrogen-bond acceptors (Lipinski definition) is 3. The number of allylic oxidation sites excluding steroid dienone is 1. The fourth-order valence-corrected chi connectivity index (χ4v) is 2.16. The van der Waals surface area contributed by atoms with Crippen LogP contribution in [-0.2, 0) is 0 Å². The Labute approximate surface area is 106 Å². The first-order valence-electron chi connectivity index (χ1n) is 6.11. The summed E-state index contributed by atoms with van der Waals surface area (Å²) in [5, 5.41) is 0. The minimum absolute atomic E-state index is 0.896. The van der Waals surface area contributed by atoms with E-state index in [2.05, 4.69) is 22.1 Å². The van der Waals surface area contributed by atoms with Crippen LogP contribution in [0.1, 0.15) is 24.0 Å². The molecule has 0 radical (unpaired) electrons. The molecule has 18 heavy (non-hydrogen) atoms. The van der Waals surface area contributed by atoms with Crippen molar-refractivity contribution in [3.8, 4) is 0 Å². The van der Waals surface area contributed by atoms with Gasteiger partial charge in [0.15, 0.2) is 0 Å². The molecule has 0 bridgehead atoms. The Bertz CT molecular complexity index is 568. The second kappa shape index (κ2) is 5.00. The summed E-state index contributed by atoms with van der Waals surface area (Å²) in [6, 6.07) is 5.96. The van der Waals surface area contributed by atoms with Gasteiger partial charge in [0.05, 0.1) is 18.2 Å². The number of furan rings is 1. The smallest absolute Gasteiger partial charge is 0.0974 e. The van der Waals surface area contributed by atoms with E-state index in [0.29, 0.717) is 0 Å². The lowest BCUT2D eigenvalue weighted by molar-refractivity contribution is 0.567. The third-order valence-corrected chi connectivity index (χ3v) is 3.00. The van der Waals surface area contributed by atoms with Crippen molar-refractivity contribution in [2.24, 2.45) is 4.99 Å². The maximum absolute atomic E-state index is 5.10. The number of pyridine rings is 1. The van der Waals surface area contributed by atoms with Gasteiger partial charge < -0.3 is 4.42 Å². The van der Waals surface area contributed by atoms with Crippen LogP contribution in [0.2, 0.25) is 0 Å². The molecule has 0 aliphatic carbocycles. The zero-order valence-corrected chi connectivity index (χ0v) is 10.0. The van der Waals surface area contributed by atoms with Crippen molar-refractivity contribution in [2.75, 3.05) is 6.54 Å². The van der Waals surface area contributed by atoms with Crippen LogP contribution in [-0.4, -0.2) is 17.2 Å². The topological polar surface area (TPSA) is 38.4 Å². The van der Waals surface area contributed by atoms with Crippen molar-refractivity contribution in [2.45, 2.75) is 12.8 Å². The predicted molar refractivity (Wildman–Crippen MR) is 71.6 cm³/mol. The minimum Gasteiger partial charge on any atom is -0.472 e. The molecule has 0 unspecified atom stereocenters. The SMILES string of the molecule is C(=C1/CCCN=C1c1cccnc1)/c1ccoc1. The van der Waals surface area contributed by atoms with E-state index in [0.717, 1.165) is 36.2 Å². The van der Waals surface area contributed by atoms with Crippen LogP contribution in [0.4, 0.5) is 0 Å². The van der Waals surface area contributed by atoms with E-state index in [1.807, 2.05) is 18.3 Å². The van der Waals surface area contributed by atoms with Crippen molar-refractivity contribution in [1.82, 2.24) is 4.98 Å². The second-order valence-corrected chi connectivity index (χ2v) is 4.30. The van der Waals surface area contributed by atoms with Gasteiger partial charge in [-0.2, -0.15) is 0 Å². The van der Waals surface area contributed by atoms with Crippen molar-refractivity contribution < 1.29 is 4.42 Å². The van der Waals surface area contributed by atoms with Gasteiger partial charge in [0.25, 0.3) is 0 Å². The second-order valence-electron chi connectivity index (χ2n) is 4.30. The van der Waals surface area contributed by atoms with Gasteiger partial charge in [0.2, 0.25) is 0 Å². The molecule has 3 rings (SSSR count). The van der Waals surface area contributed by atoms with E-state index in [-0.39, 0.29) is 0 Å². The first kappa shape index (κ1) is 11.0. The molecule has 0 N–H and O–H groups in total. The molecule has 1 aliphatic heterocycles. The van der Waals surface area contributed by atoms with E-state index in [9.17, 15) is 0 Å². The molecule has 0 aromatic carbocycles. The van der Waals surface area contributed by atoms with E-state index in [1.54, 1.807) is 18.7 Å². The standard InChI is InChI=1S/C15H14N2O/c1-4-14(10-16-6-1)15-13(3-2-7-17-15)9-12-5-8-18-11-12/h1,4-6,8-11H,2-3,7H2/b13-9+. The third-order valence-electron chi connectivity index (χ3n) is 3.00. The lowest BCUT2D eigenvalue weighted by atomic mass is 9.95. The van der Waals surface area contributed by atoms with Crippen LogP contribution in [0.15, 0.2) is 58.1 Å². The lowest BCUT2D eigenvalue weighted by Gasteiger charge is -2.15. The summed E-state index contributed by atoms with van der Waals surface area (Å²) in [4.78, 5) is 8.80. The molecular formula is C15H14N2O. The summed E-state index contributed by atoms with van der Waals surface area (Å²) in [6.45, 7) is 0.896. The van der Waals surface area contributed by atoms with Crippen molar-refractivity contribution in [1.29, 1.82) is 0 Å². The zero-order chi connectivity index (χ0) is 12.2. The van der Waals surface area contributed by atoms with E-state index < -0.39 is 0 Å². The average molecular weight is 238 g/mol. The highest BCUT2D eigenvalue weighted by Crippen LogP contribution is 2.21. The Hall–Kier alpha value is -2.16. The molecular weight excluding hydrogens is 224 g/mol. The van der Waals surface area contributed by atoms with Crippen molar-refractivity contribution >= 4 is 11.8 Å². The van der Waals surface area contributed by atoms with Crippen LogP contribution < -0.4 is 0 Å². The zero-order valence-electron chi connectivity index (χ0n) is 10.0. The van der Waals surface area contributed by atoms with Crippen LogP contribution in [0.3, 0.4) is 0 Å². The number of nitrogens with zero attached hydrogens (tertiary/aromatic N) is 2. The molecule has 3 nitrogen and oxygen atoms in total. The summed E-state index contributed by atoms with van der Waals surface area (Å²) in [6.07, 6.45) is 11.4. The van der Waals surface area contributed by atoms with Gasteiger partial charge in [-0.1, -0.05) is 0 Å². The van der Waals surface area contributed by atoms with Gasteiger partial charge in [-0.25, -0.2) is 0 Å². The fourth-order valence-electron chi connectivity index (χ4n) is 2.16. The first-order chi connectivity index (χ1) is 8.93. The van der Waals surface area contributed by atoms with E-state index in [1.165, 1.54) is 5.57 Å². The van der Waals surface area contributed by atoms with Crippen LogP contribution in [0.5, 0.6) is 0 Å². The normalized spacial score (nSPS) is 17.8. The quantitative estimate of drug-likeness (QED) is 0.804. The fraction of sp³-hybridized carbons (Fsp3) is 0.200. The number of aromatic nitrogens is 1. The first-order valence-corrected chi connectivity index (χ1v) is 6.11. The third kappa shape index (κ3) is 2.25. The summed E-state index contributed by atoms with van der Waals surface area (Å²) in [7, 11) is 0. The monoisotopic (exact) mass is 238 g/mol. The number of hydrogen-bond donors (Lipinski definition) is 0. The van der Waals surface area contributed by atoms with Gasteiger partial charge in [0, 0.05) is 30.1 Å². The Morgan fingerprint density at radius 3 is 3.06 bits per heavy atom. The van der Waals surface area contributed by atoms with E-state index >= 15 is 0 Å². The molecule has 2 aromatic rings. The Kier molecular flexibility index (Phi) is 3.05. The van der Waals surface area contributed by atoms with Crippen LogP contribution in [0.25, 0.3) is 6.08 Å². The maximum atomic E-state index is 5.10. The molecule has 0 amide bonds. The van der Waals surface area contributed by atoms with Gasteiger partial charge in [-0.05, 0) is 42.7 Å². The molecule has 0 fully saturated rings. The highest BCUT2D eigenvalue weighted by molar-refractivity contribution is 6.15. The summed E-state index contributed by atoms with van der Waals surface area (Å²) >= 11 is 0. The van der Waals surface area contributed by atoms with Gasteiger partial charge >= 0.3 is 0 Å². The highest BCUT2D eigenvalue weighted by atomic mass is 16.3. The molecule has 2 aromatic heterocycles. The molecule has 3 heterocycles. The summed E-state index contributed by atoms with van der Waals surface area (Å²) < 4.78 is 5.10. The van der Waals surface area contributed by atoms with Crippen LogP contribution >= 0.6 is 0 Å². The molecule has 3 heteroatoms. The minimum atomic E-state index is 0.896. The van der Waals surface area contributed by atoms with Crippen LogP contribution in [0, 0.1) is 0 Å². The van der Waals surface area contributed by atoms with Gasteiger partial charge in [-0.3, -0.25) is 9.98 Å². The molecule has 90 valence electrons. The lowest BCUT2D eigenvalue weighted by Crippen LogP contribution is -2.11. The Morgan fingerprint density at radius 1 is 1.28 bits per heavy atom. The molecule has 0 saturated carbocycles. The maximum Gasteiger partial charge on any atom is 0.0974 e. The molecule has 0 saturated heterocycles.